The molecule has 0 N–H and O–H groups in total. The molecule has 0 aliphatic carbocycles. The molecule has 0 spiro atoms. The average molecular weight is 336 g/mol. The van der Waals surface area contributed by atoms with E-state index < -0.39 is 20.9 Å². The van der Waals surface area contributed by atoms with Gasteiger partial charge in [-0.15, -0.1) is 0 Å². The second-order valence-electron chi connectivity index (χ2n) is 4.02. The van der Waals surface area contributed by atoms with Crippen LogP contribution in [-0.4, -0.2) is 35.2 Å². The predicted octanol–water partition coefficient (Wildman–Crippen LogP) is 2.97. The Morgan fingerprint density at radius 2 is 1.50 bits per heavy atom. The topological polar surface area (TPSA) is 36.9 Å². The van der Waals surface area contributed by atoms with E-state index in [0.717, 1.165) is 5.19 Å². The van der Waals surface area contributed by atoms with Crippen LogP contribution in [-0.2, 0) is 18.0 Å². The SMILES string of the molecule is CCO[Si](OCC)(OCCOC(F)=C(F)F)c1ccccc1. The smallest absolute Gasteiger partial charge is 0.465 e. The molecule has 1 aromatic rings. The van der Waals surface area contributed by atoms with Gasteiger partial charge in [0.05, 0.1) is 6.61 Å². The summed E-state index contributed by atoms with van der Waals surface area (Å²) in [6.07, 6.45) is -2.50. The van der Waals surface area contributed by atoms with Gasteiger partial charge in [-0.1, -0.05) is 30.3 Å². The normalized spacial score (nSPS) is 11.3. The standard InChI is InChI=1S/C14H19F3O4Si/c1-3-19-22(20-4-2,12-8-6-5-7-9-12)21-11-10-18-14(17)13(15)16/h5-9H,3-4,10-11H2,1-2H3. The van der Waals surface area contributed by atoms with Crippen molar-refractivity contribution in [3.05, 3.63) is 42.4 Å². The molecule has 0 bridgehead atoms. The lowest BCUT2D eigenvalue weighted by Gasteiger charge is -2.28. The zero-order valence-corrected chi connectivity index (χ0v) is 13.5. The van der Waals surface area contributed by atoms with Gasteiger partial charge >= 0.3 is 20.9 Å². The van der Waals surface area contributed by atoms with Crippen LogP contribution in [0.3, 0.4) is 0 Å². The summed E-state index contributed by atoms with van der Waals surface area (Å²) in [5, 5.41) is 0.742. The predicted molar refractivity (Wildman–Crippen MR) is 77.3 cm³/mol. The zero-order valence-electron chi connectivity index (χ0n) is 12.5. The zero-order chi connectivity index (χ0) is 16.4. The van der Waals surface area contributed by atoms with Crippen molar-refractivity contribution >= 4 is 14.0 Å². The van der Waals surface area contributed by atoms with Crippen LogP contribution < -0.4 is 5.19 Å². The molecule has 8 heteroatoms. The van der Waals surface area contributed by atoms with Gasteiger partial charge in [0, 0.05) is 18.4 Å². The Morgan fingerprint density at radius 1 is 0.909 bits per heavy atom. The van der Waals surface area contributed by atoms with E-state index in [1.165, 1.54) is 0 Å². The second-order valence-corrected chi connectivity index (χ2v) is 6.58. The molecule has 0 atom stereocenters. The van der Waals surface area contributed by atoms with Crippen molar-refractivity contribution in [3.63, 3.8) is 0 Å². The lowest BCUT2D eigenvalue weighted by molar-refractivity contribution is 0.0430. The van der Waals surface area contributed by atoms with Gasteiger partial charge in [-0.2, -0.15) is 13.2 Å². The maximum atomic E-state index is 12.6. The van der Waals surface area contributed by atoms with Crippen LogP contribution in [0.15, 0.2) is 42.4 Å². The largest absolute Gasteiger partial charge is 0.537 e. The lowest BCUT2D eigenvalue weighted by atomic mass is 10.4. The molecule has 4 nitrogen and oxygen atoms in total. The van der Waals surface area contributed by atoms with E-state index in [0.29, 0.717) is 13.2 Å². The number of hydrogen-bond acceptors (Lipinski definition) is 4. The summed E-state index contributed by atoms with van der Waals surface area (Å²) < 4.78 is 57.6. The third kappa shape index (κ3) is 5.45. The quantitative estimate of drug-likeness (QED) is 0.374. The number of benzene rings is 1. The van der Waals surface area contributed by atoms with Crippen molar-refractivity contribution in [3.8, 4) is 0 Å². The highest BCUT2D eigenvalue weighted by molar-refractivity contribution is 6.75. The summed E-state index contributed by atoms with van der Waals surface area (Å²) in [7, 11) is -3.18. The fourth-order valence-electron chi connectivity index (χ4n) is 1.76. The molecule has 0 aromatic heterocycles. The molecular weight excluding hydrogens is 317 g/mol. The van der Waals surface area contributed by atoms with Crippen LogP contribution in [0.1, 0.15) is 13.8 Å². The Labute approximate surface area is 128 Å². The van der Waals surface area contributed by atoms with E-state index in [4.69, 9.17) is 13.3 Å². The van der Waals surface area contributed by atoms with Gasteiger partial charge in [0.2, 0.25) is 0 Å². The maximum absolute atomic E-state index is 12.6. The molecule has 1 rings (SSSR count). The molecule has 1 aromatic carbocycles. The van der Waals surface area contributed by atoms with Crippen LogP contribution in [0.2, 0.25) is 0 Å². The monoisotopic (exact) mass is 336 g/mol. The lowest BCUT2D eigenvalue weighted by Crippen LogP contribution is -2.57. The van der Waals surface area contributed by atoms with Crippen LogP contribution >= 0.6 is 0 Å². The van der Waals surface area contributed by atoms with E-state index in [1.54, 1.807) is 26.0 Å². The van der Waals surface area contributed by atoms with E-state index >= 15 is 0 Å². The Morgan fingerprint density at radius 3 is 2.00 bits per heavy atom. The Hall–Kier alpha value is -1.35. The summed E-state index contributed by atoms with van der Waals surface area (Å²) in [6.45, 7) is 3.80. The van der Waals surface area contributed by atoms with Gasteiger partial charge in [-0.05, 0) is 13.8 Å². The molecule has 0 radical (unpaired) electrons. The minimum Gasteiger partial charge on any atom is -0.465 e. The van der Waals surface area contributed by atoms with Crippen LogP contribution in [0.25, 0.3) is 0 Å². The van der Waals surface area contributed by atoms with Crippen molar-refractivity contribution in [1.29, 1.82) is 0 Å². The molecule has 0 aliphatic rings. The Kier molecular flexibility index (Phi) is 8.18. The van der Waals surface area contributed by atoms with E-state index in [-0.39, 0.29) is 13.2 Å². The summed E-state index contributed by atoms with van der Waals surface area (Å²) in [4.78, 5) is 0. The summed E-state index contributed by atoms with van der Waals surface area (Å²) in [5.74, 6) is 0. The molecule has 124 valence electrons. The van der Waals surface area contributed by atoms with Crippen LogP contribution in [0.5, 0.6) is 0 Å². The van der Waals surface area contributed by atoms with Gasteiger partial charge in [0.15, 0.2) is 0 Å². The minimum absolute atomic E-state index is 0.137. The van der Waals surface area contributed by atoms with Gasteiger partial charge < -0.3 is 18.0 Å². The second kappa shape index (κ2) is 9.62. The van der Waals surface area contributed by atoms with E-state index in [2.05, 4.69) is 4.74 Å². The minimum atomic E-state index is -3.18. The first-order valence-electron chi connectivity index (χ1n) is 6.86. The van der Waals surface area contributed by atoms with Gasteiger partial charge in [0.25, 0.3) is 0 Å². The third-order valence-electron chi connectivity index (χ3n) is 2.55. The first kappa shape index (κ1) is 18.7. The molecular formula is C14H19F3O4Si. The molecule has 22 heavy (non-hydrogen) atoms. The molecule has 0 heterocycles. The van der Waals surface area contributed by atoms with E-state index in [9.17, 15) is 13.2 Å². The van der Waals surface area contributed by atoms with Crippen molar-refractivity contribution in [2.45, 2.75) is 13.8 Å². The highest BCUT2D eigenvalue weighted by atomic mass is 28.4. The number of halogens is 3. The fourth-order valence-corrected chi connectivity index (χ4v) is 4.22. The van der Waals surface area contributed by atoms with Crippen LogP contribution in [0, 0.1) is 0 Å². The number of rotatable bonds is 10. The van der Waals surface area contributed by atoms with Crippen molar-refractivity contribution in [2.75, 3.05) is 26.4 Å². The molecule has 0 saturated heterocycles. The highest BCUT2D eigenvalue weighted by Gasteiger charge is 2.43. The average Bonchev–Trinajstić information content (AvgIpc) is 2.52. The highest BCUT2D eigenvalue weighted by Crippen LogP contribution is 2.13. The van der Waals surface area contributed by atoms with Crippen molar-refractivity contribution < 1.29 is 31.2 Å². The van der Waals surface area contributed by atoms with Gasteiger partial charge in [-0.3, -0.25) is 0 Å². The molecule has 0 fully saturated rings. The van der Waals surface area contributed by atoms with Crippen LogP contribution in [0.4, 0.5) is 13.2 Å². The summed E-state index contributed by atoms with van der Waals surface area (Å²) >= 11 is 0. The van der Waals surface area contributed by atoms with E-state index in [1.807, 2.05) is 18.2 Å². The molecule has 0 saturated carbocycles. The summed E-state index contributed by atoms with van der Waals surface area (Å²) in [5.41, 5.74) is 0. The first-order chi connectivity index (χ1) is 10.6. The molecule has 0 unspecified atom stereocenters. The van der Waals surface area contributed by atoms with Gasteiger partial charge in [-0.25, -0.2) is 0 Å². The Balaban J connectivity index is 2.76. The third-order valence-corrected chi connectivity index (χ3v) is 5.51. The fraction of sp³-hybridized carbons (Fsp3) is 0.429. The summed E-state index contributed by atoms with van der Waals surface area (Å²) in [6, 6.07) is 7.18. The molecule has 0 aliphatic heterocycles. The number of hydrogen-bond donors (Lipinski definition) is 0. The Bertz CT molecular complexity index is 460. The first-order valence-corrected chi connectivity index (χ1v) is 8.59. The van der Waals surface area contributed by atoms with Crippen molar-refractivity contribution in [2.24, 2.45) is 0 Å². The maximum Gasteiger partial charge on any atom is 0.537 e. The molecule has 0 amide bonds. The van der Waals surface area contributed by atoms with Crippen molar-refractivity contribution in [1.82, 2.24) is 0 Å². The van der Waals surface area contributed by atoms with Gasteiger partial charge in [0.1, 0.15) is 6.61 Å². The number of ether oxygens (including phenoxy) is 1.